The van der Waals surface area contributed by atoms with Crippen LogP contribution in [0.2, 0.25) is 0 Å². The molecule has 2 aliphatic carbocycles. The standard InChI is InChI=1S/C13H18N4O2/c18-11-5-8(7-17(11)10-3-4-10)6-14-13-16-15-12(19-13)9-1-2-9/h8-10H,1-7H2,(H,14,16). The number of nitrogens with one attached hydrogen (secondary N) is 1. The van der Waals surface area contributed by atoms with Crippen molar-refractivity contribution in [2.24, 2.45) is 5.92 Å². The van der Waals surface area contributed by atoms with E-state index in [1.54, 1.807) is 0 Å². The maximum Gasteiger partial charge on any atom is 0.315 e. The van der Waals surface area contributed by atoms with Crippen molar-refractivity contribution in [3.63, 3.8) is 0 Å². The van der Waals surface area contributed by atoms with Crippen LogP contribution in [0.5, 0.6) is 0 Å². The number of carbonyl (C=O) groups is 1. The van der Waals surface area contributed by atoms with Crippen LogP contribution in [0.4, 0.5) is 6.01 Å². The summed E-state index contributed by atoms with van der Waals surface area (Å²) < 4.78 is 5.55. The van der Waals surface area contributed by atoms with Gasteiger partial charge in [-0.05, 0) is 25.7 Å². The lowest BCUT2D eigenvalue weighted by Gasteiger charge is -2.15. The van der Waals surface area contributed by atoms with Crippen LogP contribution in [0.25, 0.3) is 0 Å². The lowest BCUT2D eigenvalue weighted by molar-refractivity contribution is -0.128. The van der Waals surface area contributed by atoms with Gasteiger partial charge >= 0.3 is 6.01 Å². The Bertz CT molecular complexity index is 493. The van der Waals surface area contributed by atoms with Gasteiger partial charge in [-0.3, -0.25) is 4.79 Å². The van der Waals surface area contributed by atoms with E-state index < -0.39 is 0 Å². The first-order valence-electron chi connectivity index (χ1n) is 7.16. The number of nitrogens with zero attached hydrogens (tertiary/aromatic N) is 3. The molecule has 102 valence electrons. The molecular weight excluding hydrogens is 244 g/mol. The van der Waals surface area contributed by atoms with E-state index in [4.69, 9.17) is 4.42 Å². The van der Waals surface area contributed by atoms with E-state index in [0.29, 0.717) is 36.2 Å². The Kier molecular flexibility index (Phi) is 2.50. The first-order valence-corrected chi connectivity index (χ1v) is 7.16. The third kappa shape index (κ3) is 2.31. The highest BCUT2D eigenvalue weighted by molar-refractivity contribution is 5.79. The summed E-state index contributed by atoms with van der Waals surface area (Å²) in [7, 11) is 0. The third-order valence-electron chi connectivity index (χ3n) is 4.14. The molecule has 0 radical (unpaired) electrons. The number of likely N-dealkylation sites (tertiary alicyclic amines) is 1. The van der Waals surface area contributed by atoms with Gasteiger partial charge in [0.25, 0.3) is 0 Å². The normalized spacial score (nSPS) is 27.1. The second-order valence-corrected chi connectivity index (χ2v) is 5.95. The second-order valence-electron chi connectivity index (χ2n) is 5.95. The Balaban J connectivity index is 1.30. The SMILES string of the molecule is O=C1CC(CNc2nnc(C3CC3)o2)CN1C1CC1. The van der Waals surface area contributed by atoms with E-state index in [9.17, 15) is 4.79 Å². The van der Waals surface area contributed by atoms with Gasteiger partial charge in [-0.25, -0.2) is 0 Å². The zero-order valence-electron chi connectivity index (χ0n) is 10.8. The van der Waals surface area contributed by atoms with Gasteiger partial charge in [0.15, 0.2) is 0 Å². The monoisotopic (exact) mass is 262 g/mol. The quantitative estimate of drug-likeness (QED) is 0.867. The topological polar surface area (TPSA) is 71.3 Å². The zero-order chi connectivity index (χ0) is 12.8. The molecule has 1 aromatic heterocycles. The average Bonchev–Trinajstić information content (AvgIpc) is 3.33. The van der Waals surface area contributed by atoms with Crippen molar-refractivity contribution in [2.75, 3.05) is 18.4 Å². The predicted octanol–water partition coefficient (Wildman–Crippen LogP) is 1.37. The minimum absolute atomic E-state index is 0.304. The summed E-state index contributed by atoms with van der Waals surface area (Å²) in [6.45, 7) is 1.61. The van der Waals surface area contributed by atoms with Crippen LogP contribution in [0.3, 0.4) is 0 Å². The van der Waals surface area contributed by atoms with Crippen LogP contribution < -0.4 is 5.32 Å². The van der Waals surface area contributed by atoms with Crippen LogP contribution in [0.1, 0.15) is 43.9 Å². The molecule has 1 amide bonds. The highest BCUT2D eigenvalue weighted by Gasteiger charge is 2.39. The summed E-state index contributed by atoms with van der Waals surface area (Å²) in [5.74, 6) is 1.91. The highest BCUT2D eigenvalue weighted by atomic mass is 16.4. The van der Waals surface area contributed by atoms with E-state index in [1.807, 2.05) is 4.90 Å². The summed E-state index contributed by atoms with van der Waals surface area (Å²) >= 11 is 0. The fourth-order valence-corrected chi connectivity index (χ4v) is 2.72. The van der Waals surface area contributed by atoms with E-state index >= 15 is 0 Å². The van der Waals surface area contributed by atoms with Gasteiger partial charge in [0.1, 0.15) is 0 Å². The molecule has 0 spiro atoms. The van der Waals surface area contributed by atoms with Crippen molar-refractivity contribution >= 4 is 11.9 Å². The van der Waals surface area contributed by atoms with Gasteiger partial charge in [0.2, 0.25) is 11.8 Å². The molecule has 1 aliphatic heterocycles. The Morgan fingerprint density at radius 2 is 2.11 bits per heavy atom. The summed E-state index contributed by atoms with van der Waals surface area (Å²) in [4.78, 5) is 13.9. The molecule has 1 atom stereocenters. The maximum atomic E-state index is 11.8. The van der Waals surface area contributed by atoms with Gasteiger partial charge < -0.3 is 14.6 Å². The lowest BCUT2D eigenvalue weighted by atomic mass is 10.1. The van der Waals surface area contributed by atoms with Crippen molar-refractivity contribution in [1.82, 2.24) is 15.1 Å². The number of rotatable bonds is 5. The first-order chi connectivity index (χ1) is 9.29. The molecule has 19 heavy (non-hydrogen) atoms. The molecule has 3 fully saturated rings. The molecular formula is C13H18N4O2. The van der Waals surface area contributed by atoms with Crippen LogP contribution >= 0.6 is 0 Å². The van der Waals surface area contributed by atoms with Crippen molar-refractivity contribution in [3.05, 3.63) is 5.89 Å². The molecule has 1 aromatic rings. The Morgan fingerprint density at radius 3 is 2.84 bits per heavy atom. The predicted molar refractivity (Wildman–Crippen MR) is 67.6 cm³/mol. The third-order valence-corrected chi connectivity index (χ3v) is 4.14. The van der Waals surface area contributed by atoms with E-state index in [0.717, 1.165) is 31.8 Å². The molecule has 0 aromatic carbocycles. The second kappa shape index (κ2) is 4.21. The van der Waals surface area contributed by atoms with Crippen LogP contribution in [0, 0.1) is 5.92 Å². The fraction of sp³-hybridized carbons (Fsp3) is 0.769. The summed E-state index contributed by atoms with van der Waals surface area (Å²) in [5, 5.41) is 11.2. The molecule has 2 saturated carbocycles. The first kappa shape index (κ1) is 11.3. The molecule has 1 unspecified atom stereocenters. The molecule has 1 N–H and O–H groups in total. The van der Waals surface area contributed by atoms with Crippen molar-refractivity contribution in [1.29, 1.82) is 0 Å². The highest BCUT2D eigenvalue weighted by Crippen LogP contribution is 2.39. The van der Waals surface area contributed by atoms with E-state index in [2.05, 4.69) is 15.5 Å². The number of carbonyl (C=O) groups excluding carboxylic acids is 1. The molecule has 4 rings (SSSR count). The Hall–Kier alpha value is -1.59. The summed E-state index contributed by atoms with van der Waals surface area (Å²) in [6, 6.07) is 1.03. The van der Waals surface area contributed by atoms with E-state index in [1.165, 1.54) is 12.8 Å². The number of hydrogen-bond donors (Lipinski definition) is 1. The summed E-state index contributed by atoms with van der Waals surface area (Å²) in [5.41, 5.74) is 0. The minimum Gasteiger partial charge on any atom is -0.408 e. The van der Waals surface area contributed by atoms with Gasteiger partial charge in [-0.2, -0.15) is 0 Å². The van der Waals surface area contributed by atoms with Crippen molar-refractivity contribution in [3.8, 4) is 0 Å². The minimum atomic E-state index is 0.304. The largest absolute Gasteiger partial charge is 0.408 e. The zero-order valence-corrected chi connectivity index (χ0v) is 10.8. The Labute approximate surface area is 111 Å². The maximum absolute atomic E-state index is 11.8. The van der Waals surface area contributed by atoms with Gasteiger partial charge in [0, 0.05) is 37.4 Å². The van der Waals surface area contributed by atoms with Crippen LogP contribution in [0.15, 0.2) is 4.42 Å². The molecule has 6 heteroatoms. The fourth-order valence-electron chi connectivity index (χ4n) is 2.72. The van der Waals surface area contributed by atoms with Gasteiger partial charge in [-0.15, -0.1) is 5.10 Å². The number of hydrogen-bond acceptors (Lipinski definition) is 5. The Morgan fingerprint density at radius 1 is 1.26 bits per heavy atom. The molecule has 2 heterocycles. The van der Waals surface area contributed by atoms with E-state index in [-0.39, 0.29) is 0 Å². The van der Waals surface area contributed by atoms with Crippen molar-refractivity contribution < 1.29 is 9.21 Å². The van der Waals surface area contributed by atoms with Crippen LogP contribution in [-0.4, -0.2) is 40.1 Å². The summed E-state index contributed by atoms with van der Waals surface area (Å²) in [6.07, 6.45) is 5.33. The van der Waals surface area contributed by atoms with Crippen molar-refractivity contribution in [2.45, 2.75) is 44.1 Å². The average molecular weight is 262 g/mol. The lowest BCUT2D eigenvalue weighted by Crippen LogP contribution is -2.28. The smallest absolute Gasteiger partial charge is 0.315 e. The number of amides is 1. The van der Waals surface area contributed by atoms with Gasteiger partial charge in [-0.1, -0.05) is 5.10 Å². The van der Waals surface area contributed by atoms with Gasteiger partial charge in [0.05, 0.1) is 0 Å². The number of anilines is 1. The van der Waals surface area contributed by atoms with Crippen LogP contribution in [-0.2, 0) is 4.79 Å². The number of aromatic nitrogens is 2. The molecule has 1 saturated heterocycles. The molecule has 0 bridgehead atoms. The molecule has 6 nitrogen and oxygen atoms in total. The molecule has 3 aliphatic rings.